The van der Waals surface area contributed by atoms with Gasteiger partial charge < -0.3 is 5.32 Å². The number of fused-ring (bicyclic) bond motifs is 1. The predicted octanol–water partition coefficient (Wildman–Crippen LogP) is 4.00. The molecule has 0 aliphatic heterocycles. The topological polar surface area (TPSA) is 24.9 Å². The highest BCUT2D eigenvalue weighted by atomic mass is 32.2. The number of nitrogens with one attached hydrogen (secondary N) is 1. The molecule has 1 aromatic carbocycles. The summed E-state index contributed by atoms with van der Waals surface area (Å²) in [5.41, 5.74) is 2.46. The Balaban J connectivity index is 1.63. The maximum atomic E-state index is 4.43. The van der Waals surface area contributed by atoms with Crippen molar-refractivity contribution >= 4 is 22.7 Å². The quantitative estimate of drug-likeness (QED) is 0.899. The van der Waals surface area contributed by atoms with Gasteiger partial charge in [-0.1, -0.05) is 25.1 Å². The Kier molecular flexibility index (Phi) is 4.58. The van der Waals surface area contributed by atoms with Gasteiger partial charge in [-0.05, 0) is 42.7 Å². The summed E-state index contributed by atoms with van der Waals surface area (Å²) in [5.74, 6) is 1.24. The fraction of sp³-hybridized carbons (Fsp3) is 0.471. The molecule has 0 spiro atoms. The Bertz CT molecular complexity index is 564. The van der Waals surface area contributed by atoms with Crippen molar-refractivity contribution in [3.63, 3.8) is 0 Å². The zero-order valence-corrected chi connectivity index (χ0v) is 12.8. The molecule has 1 aromatic heterocycles. The van der Waals surface area contributed by atoms with E-state index in [9.17, 15) is 0 Å². The number of benzene rings is 1. The van der Waals surface area contributed by atoms with Gasteiger partial charge >= 0.3 is 0 Å². The van der Waals surface area contributed by atoms with E-state index in [2.05, 4.69) is 59.3 Å². The summed E-state index contributed by atoms with van der Waals surface area (Å²) in [5, 5.41) is 5.88. The monoisotopic (exact) mass is 286 g/mol. The van der Waals surface area contributed by atoms with Crippen LogP contribution in [0.5, 0.6) is 0 Å². The van der Waals surface area contributed by atoms with E-state index in [1.807, 2.05) is 6.20 Å². The van der Waals surface area contributed by atoms with Gasteiger partial charge in [-0.15, -0.1) is 0 Å². The van der Waals surface area contributed by atoms with Crippen molar-refractivity contribution in [2.24, 2.45) is 0 Å². The fourth-order valence-corrected chi connectivity index (χ4v) is 4.22. The molecule has 3 heteroatoms. The van der Waals surface area contributed by atoms with E-state index in [4.69, 9.17) is 0 Å². The van der Waals surface area contributed by atoms with Gasteiger partial charge in [0.05, 0.1) is 5.52 Å². The Labute approximate surface area is 125 Å². The largest absolute Gasteiger partial charge is 0.310 e. The number of pyridine rings is 1. The van der Waals surface area contributed by atoms with Crippen molar-refractivity contribution in [1.29, 1.82) is 0 Å². The van der Waals surface area contributed by atoms with Crippen LogP contribution in [0.15, 0.2) is 36.5 Å². The molecule has 1 aliphatic carbocycles. The number of rotatable bonds is 5. The van der Waals surface area contributed by atoms with Crippen LogP contribution in [0.1, 0.15) is 31.7 Å². The van der Waals surface area contributed by atoms with Crippen LogP contribution in [0.3, 0.4) is 0 Å². The van der Waals surface area contributed by atoms with Gasteiger partial charge in [0.25, 0.3) is 0 Å². The van der Waals surface area contributed by atoms with Crippen LogP contribution in [0.4, 0.5) is 0 Å². The lowest BCUT2D eigenvalue weighted by molar-refractivity contribution is 0.526. The van der Waals surface area contributed by atoms with Crippen LogP contribution in [-0.2, 0) is 6.54 Å². The normalized spacial score (nSPS) is 22.4. The highest BCUT2D eigenvalue weighted by Crippen LogP contribution is 2.30. The van der Waals surface area contributed by atoms with Gasteiger partial charge in [-0.3, -0.25) is 4.98 Å². The van der Waals surface area contributed by atoms with Crippen LogP contribution in [0.25, 0.3) is 10.9 Å². The minimum absolute atomic E-state index is 0.686. The third-order valence-corrected chi connectivity index (χ3v) is 5.34. The van der Waals surface area contributed by atoms with Crippen LogP contribution in [0, 0.1) is 0 Å². The van der Waals surface area contributed by atoms with Crippen LogP contribution < -0.4 is 5.32 Å². The van der Waals surface area contributed by atoms with Gasteiger partial charge in [0.2, 0.25) is 0 Å². The van der Waals surface area contributed by atoms with Crippen molar-refractivity contribution in [1.82, 2.24) is 10.3 Å². The minimum atomic E-state index is 0.686. The van der Waals surface area contributed by atoms with Gasteiger partial charge in [0, 0.05) is 29.4 Å². The molecular weight excluding hydrogens is 264 g/mol. The summed E-state index contributed by atoms with van der Waals surface area (Å²) >= 11 is 2.12. The number of hydrogen-bond acceptors (Lipinski definition) is 3. The van der Waals surface area contributed by atoms with Crippen molar-refractivity contribution in [2.45, 2.75) is 44.0 Å². The third kappa shape index (κ3) is 3.15. The molecule has 1 saturated carbocycles. The summed E-state index contributed by atoms with van der Waals surface area (Å²) in [6.45, 7) is 3.21. The Hall–Kier alpha value is -1.06. The molecule has 1 heterocycles. The van der Waals surface area contributed by atoms with Crippen LogP contribution in [0.2, 0.25) is 0 Å². The summed E-state index contributed by atoms with van der Waals surface area (Å²) in [7, 11) is 0. The third-order valence-electron chi connectivity index (χ3n) is 4.11. The van der Waals surface area contributed by atoms with E-state index in [0.29, 0.717) is 6.04 Å². The molecule has 20 heavy (non-hydrogen) atoms. The first-order valence-electron chi connectivity index (χ1n) is 7.54. The second-order valence-corrected chi connectivity index (χ2v) is 7.03. The molecule has 0 bridgehead atoms. The van der Waals surface area contributed by atoms with E-state index in [1.165, 1.54) is 36.0 Å². The van der Waals surface area contributed by atoms with E-state index in [1.54, 1.807) is 0 Å². The van der Waals surface area contributed by atoms with Gasteiger partial charge in [0.15, 0.2) is 0 Å². The maximum Gasteiger partial charge on any atom is 0.0705 e. The Morgan fingerprint density at radius 1 is 1.25 bits per heavy atom. The standard InChI is InChI=1S/C17H22N2S/c1-2-20-15-8-7-14(11-15)19-12-13-9-10-18-17-6-4-3-5-16(13)17/h3-6,9-10,14-15,19H,2,7-8,11-12H2,1H3. The summed E-state index contributed by atoms with van der Waals surface area (Å²) in [4.78, 5) is 4.43. The fourth-order valence-electron chi connectivity index (χ4n) is 3.08. The SMILES string of the molecule is CCSC1CCC(NCc2ccnc3ccccc23)C1. The summed E-state index contributed by atoms with van der Waals surface area (Å²) in [6, 6.07) is 11.2. The molecule has 3 rings (SSSR count). The molecule has 1 fully saturated rings. The lowest BCUT2D eigenvalue weighted by Gasteiger charge is -2.14. The Morgan fingerprint density at radius 3 is 3.05 bits per heavy atom. The van der Waals surface area contributed by atoms with Crippen molar-refractivity contribution in [3.05, 3.63) is 42.1 Å². The summed E-state index contributed by atoms with van der Waals surface area (Å²) in [6.07, 6.45) is 5.93. The number of para-hydroxylation sites is 1. The molecule has 2 nitrogen and oxygen atoms in total. The summed E-state index contributed by atoms with van der Waals surface area (Å²) < 4.78 is 0. The van der Waals surface area contributed by atoms with Gasteiger partial charge in [-0.2, -0.15) is 11.8 Å². The second-order valence-electron chi connectivity index (χ2n) is 5.46. The van der Waals surface area contributed by atoms with Crippen molar-refractivity contribution in [2.75, 3.05) is 5.75 Å². The first kappa shape index (κ1) is 13.9. The van der Waals surface area contributed by atoms with E-state index < -0.39 is 0 Å². The molecule has 0 saturated heterocycles. The lowest BCUT2D eigenvalue weighted by atomic mass is 10.1. The lowest BCUT2D eigenvalue weighted by Crippen LogP contribution is -2.26. The molecule has 0 radical (unpaired) electrons. The number of thioether (sulfide) groups is 1. The molecule has 2 aromatic rings. The Morgan fingerprint density at radius 2 is 2.15 bits per heavy atom. The van der Waals surface area contributed by atoms with E-state index >= 15 is 0 Å². The zero-order chi connectivity index (χ0) is 13.8. The smallest absolute Gasteiger partial charge is 0.0705 e. The zero-order valence-electron chi connectivity index (χ0n) is 12.0. The molecule has 0 amide bonds. The first-order valence-corrected chi connectivity index (χ1v) is 8.59. The number of hydrogen-bond donors (Lipinski definition) is 1. The molecule has 1 N–H and O–H groups in total. The van der Waals surface area contributed by atoms with E-state index in [0.717, 1.165) is 17.3 Å². The first-order chi connectivity index (χ1) is 9.86. The number of aromatic nitrogens is 1. The van der Waals surface area contributed by atoms with Gasteiger partial charge in [-0.25, -0.2) is 0 Å². The molecule has 106 valence electrons. The van der Waals surface area contributed by atoms with Crippen molar-refractivity contribution in [3.8, 4) is 0 Å². The maximum absolute atomic E-state index is 4.43. The average molecular weight is 286 g/mol. The van der Waals surface area contributed by atoms with Gasteiger partial charge in [0.1, 0.15) is 0 Å². The minimum Gasteiger partial charge on any atom is -0.310 e. The van der Waals surface area contributed by atoms with Crippen LogP contribution >= 0.6 is 11.8 Å². The van der Waals surface area contributed by atoms with Crippen molar-refractivity contribution < 1.29 is 0 Å². The highest BCUT2D eigenvalue weighted by Gasteiger charge is 2.23. The predicted molar refractivity (Wildman–Crippen MR) is 88.1 cm³/mol. The molecule has 2 unspecified atom stereocenters. The number of nitrogens with zero attached hydrogens (tertiary/aromatic N) is 1. The second kappa shape index (κ2) is 6.59. The van der Waals surface area contributed by atoms with E-state index in [-0.39, 0.29) is 0 Å². The molecule has 2 atom stereocenters. The molecule has 1 aliphatic rings. The average Bonchev–Trinajstić information content (AvgIpc) is 2.93. The highest BCUT2D eigenvalue weighted by molar-refractivity contribution is 7.99. The molecular formula is C17H22N2S. The van der Waals surface area contributed by atoms with Crippen LogP contribution in [-0.4, -0.2) is 22.0 Å².